The summed E-state index contributed by atoms with van der Waals surface area (Å²) in [6.45, 7) is 5.63. The summed E-state index contributed by atoms with van der Waals surface area (Å²) in [4.78, 5) is 23.5. The highest BCUT2D eigenvalue weighted by Crippen LogP contribution is 2.11. The second-order valence-corrected chi connectivity index (χ2v) is 10.4. The summed E-state index contributed by atoms with van der Waals surface area (Å²) in [6, 6.07) is 0. The number of thioether (sulfide) groups is 1. The molecule has 0 saturated heterocycles. The zero-order valence-electron chi connectivity index (χ0n) is 22.0. The van der Waals surface area contributed by atoms with E-state index in [1.165, 1.54) is 77.0 Å². The van der Waals surface area contributed by atoms with Crippen molar-refractivity contribution in [2.75, 3.05) is 24.7 Å². The molecule has 0 atom stereocenters. The van der Waals surface area contributed by atoms with Crippen LogP contribution in [0.15, 0.2) is 0 Å². The van der Waals surface area contributed by atoms with Gasteiger partial charge in [0.25, 0.3) is 0 Å². The van der Waals surface area contributed by atoms with Gasteiger partial charge in [-0.25, -0.2) is 0 Å². The van der Waals surface area contributed by atoms with Crippen LogP contribution in [0, 0.1) is 0 Å². The maximum atomic E-state index is 11.8. The molecule has 0 aromatic carbocycles. The molecule has 0 spiro atoms. The summed E-state index contributed by atoms with van der Waals surface area (Å²) >= 11 is 1.81. The molecule has 196 valence electrons. The Morgan fingerprint density at radius 3 is 1.18 bits per heavy atom. The molecule has 0 N–H and O–H groups in total. The number of carbonyl (C=O) groups excluding carboxylic acids is 2. The predicted octanol–water partition coefficient (Wildman–Crippen LogP) is 8.65. The maximum absolute atomic E-state index is 11.8. The van der Waals surface area contributed by atoms with Gasteiger partial charge in [0, 0.05) is 12.8 Å². The predicted molar refractivity (Wildman–Crippen MR) is 143 cm³/mol. The number of hydrogen-bond donors (Lipinski definition) is 0. The molecule has 0 radical (unpaired) electrons. The molecule has 0 aromatic rings. The van der Waals surface area contributed by atoms with E-state index in [1.807, 2.05) is 11.8 Å². The Kier molecular flexibility index (Phi) is 26.9. The number of hydrogen-bond acceptors (Lipinski definition) is 5. The first-order chi connectivity index (χ1) is 16.2. The van der Waals surface area contributed by atoms with Gasteiger partial charge in [0.1, 0.15) is 0 Å². The van der Waals surface area contributed by atoms with Crippen molar-refractivity contribution < 1.29 is 19.1 Å². The van der Waals surface area contributed by atoms with Crippen LogP contribution in [-0.2, 0) is 19.1 Å². The summed E-state index contributed by atoms with van der Waals surface area (Å²) in [5.41, 5.74) is 0. The number of esters is 2. The van der Waals surface area contributed by atoms with Crippen LogP contribution in [-0.4, -0.2) is 36.7 Å². The van der Waals surface area contributed by atoms with E-state index in [4.69, 9.17) is 9.47 Å². The van der Waals surface area contributed by atoms with Gasteiger partial charge >= 0.3 is 11.9 Å². The molecule has 0 heterocycles. The Hall–Kier alpha value is -0.710. The van der Waals surface area contributed by atoms with Crippen molar-refractivity contribution in [2.45, 2.75) is 142 Å². The minimum Gasteiger partial charge on any atom is -0.466 e. The normalized spacial score (nSPS) is 11.0. The Labute approximate surface area is 209 Å². The third kappa shape index (κ3) is 27.4. The van der Waals surface area contributed by atoms with Crippen molar-refractivity contribution in [1.82, 2.24) is 0 Å². The van der Waals surface area contributed by atoms with Crippen molar-refractivity contribution in [3.8, 4) is 0 Å². The largest absolute Gasteiger partial charge is 0.466 e. The van der Waals surface area contributed by atoms with E-state index in [1.54, 1.807) is 0 Å². The van der Waals surface area contributed by atoms with Gasteiger partial charge in [0.2, 0.25) is 0 Å². The van der Waals surface area contributed by atoms with Crippen LogP contribution >= 0.6 is 11.8 Å². The highest BCUT2D eigenvalue weighted by Gasteiger charge is 2.05. The molecule has 0 fully saturated rings. The van der Waals surface area contributed by atoms with Gasteiger partial charge in [0.15, 0.2) is 0 Å². The van der Waals surface area contributed by atoms with Gasteiger partial charge in [0.05, 0.1) is 13.2 Å². The van der Waals surface area contributed by atoms with Gasteiger partial charge in [-0.2, -0.15) is 11.8 Å². The van der Waals surface area contributed by atoms with Gasteiger partial charge in [-0.15, -0.1) is 0 Å². The zero-order valence-corrected chi connectivity index (χ0v) is 22.8. The quantitative estimate of drug-likeness (QED) is 0.0904. The third-order valence-corrected chi connectivity index (χ3v) is 7.02. The molecule has 0 aliphatic heterocycles. The van der Waals surface area contributed by atoms with Crippen LogP contribution in [0.2, 0.25) is 0 Å². The van der Waals surface area contributed by atoms with Crippen molar-refractivity contribution in [3.05, 3.63) is 0 Å². The number of unbranched alkanes of at least 4 members (excludes halogenated alkanes) is 14. The average Bonchev–Trinajstić information content (AvgIpc) is 2.81. The minimum absolute atomic E-state index is 0.0666. The van der Waals surface area contributed by atoms with Crippen LogP contribution in [0.25, 0.3) is 0 Å². The first-order valence-electron chi connectivity index (χ1n) is 14.1. The molecule has 5 heteroatoms. The van der Waals surface area contributed by atoms with Crippen molar-refractivity contribution >= 4 is 23.7 Å². The number of ether oxygens (including phenoxy) is 2. The standard InChI is InChI=1S/C28H54O4S/c1-3-5-7-9-11-13-15-17-23-31-27(29)21-19-25-33-26-20-22-28(30)32-24-18-16-14-12-10-8-6-4-2/h3-26H2,1-2H3. The van der Waals surface area contributed by atoms with E-state index in [2.05, 4.69) is 13.8 Å². The summed E-state index contributed by atoms with van der Waals surface area (Å²) in [7, 11) is 0. The van der Waals surface area contributed by atoms with Gasteiger partial charge < -0.3 is 9.47 Å². The number of carbonyl (C=O) groups is 2. The number of rotatable bonds is 26. The lowest BCUT2D eigenvalue weighted by Crippen LogP contribution is -2.07. The average molecular weight is 487 g/mol. The third-order valence-electron chi connectivity index (χ3n) is 5.86. The Morgan fingerprint density at radius 2 is 0.818 bits per heavy atom. The smallest absolute Gasteiger partial charge is 0.305 e. The van der Waals surface area contributed by atoms with E-state index in [9.17, 15) is 9.59 Å². The first kappa shape index (κ1) is 32.3. The van der Waals surface area contributed by atoms with E-state index >= 15 is 0 Å². The highest BCUT2D eigenvalue weighted by atomic mass is 32.2. The van der Waals surface area contributed by atoms with Gasteiger partial charge in [-0.05, 0) is 37.2 Å². The topological polar surface area (TPSA) is 52.6 Å². The fourth-order valence-corrected chi connectivity index (χ4v) is 4.63. The zero-order chi connectivity index (χ0) is 24.2. The molecular weight excluding hydrogens is 432 g/mol. The maximum Gasteiger partial charge on any atom is 0.305 e. The molecule has 33 heavy (non-hydrogen) atoms. The molecule has 4 nitrogen and oxygen atoms in total. The second kappa shape index (κ2) is 27.5. The monoisotopic (exact) mass is 486 g/mol. The van der Waals surface area contributed by atoms with E-state index in [-0.39, 0.29) is 11.9 Å². The van der Waals surface area contributed by atoms with Crippen LogP contribution in [0.3, 0.4) is 0 Å². The van der Waals surface area contributed by atoms with Crippen LogP contribution < -0.4 is 0 Å². The molecule has 0 aliphatic rings. The molecule has 0 saturated carbocycles. The lowest BCUT2D eigenvalue weighted by molar-refractivity contribution is -0.144. The van der Waals surface area contributed by atoms with Crippen LogP contribution in [0.5, 0.6) is 0 Å². The first-order valence-corrected chi connectivity index (χ1v) is 15.2. The molecule has 0 amide bonds. The van der Waals surface area contributed by atoms with Crippen LogP contribution in [0.1, 0.15) is 142 Å². The molecular formula is C28H54O4S. The van der Waals surface area contributed by atoms with Gasteiger partial charge in [-0.3, -0.25) is 9.59 Å². The summed E-state index contributed by atoms with van der Waals surface area (Å²) in [6.07, 6.45) is 22.8. The Morgan fingerprint density at radius 1 is 0.485 bits per heavy atom. The molecule has 0 bridgehead atoms. The fraction of sp³-hybridized carbons (Fsp3) is 0.929. The summed E-state index contributed by atoms with van der Waals surface area (Å²) in [5, 5.41) is 0. The lowest BCUT2D eigenvalue weighted by Gasteiger charge is -2.06. The lowest BCUT2D eigenvalue weighted by atomic mass is 10.1. The highest BCUT2D eigenvalue weighted by molar-refractivity contribution is 7.99. The van der Waals surface area contributed by atoms with E-state index < -0.39 is 0 Å². The molecule has 0 rings (SSSR count). The van der Waals surface area contributed by atoms with Crippen LogP contribution in [0.4, 0.5) is 0 Å². The minimum atomic E-state index is -0.0666. The molecule has 0 unspecified atom stereocenters. The van der Waals surface area contributed by atoms with Crippen molar-refractivity contribution in [1.29, 1.82) is 0 Å². The summed E-state index contributed by atoms with van der Waals surface area (Å²) < 4.78 is 10.6. The Bertz CT molecular complexity index is 390. The van der Waals surface area contributed by atoms with E-state index in [0.29, 0.717) is 26.1 Å². The van der Waals surface area contributed by atoms with Crippen molar-refractivity contribution in [3.63, 3.8) is 0 Å². The van der Waals surface area contributed by atoms with E-state index in [0.717, 1.165) is 50.0 Å². The molecule has 0 aromatic heterocycles. The summed E-state index contributed by atoms with van der Waals surface area (Å²) in [5.74, 6) is 1.76. The van der Waals surface area contributed by atoms with Crippen molar-refractivity contribution in [2.24, 2.45) is 0 Å². The Balaban J connectivity index is 3.26. The van der Waals surface area contributed by atoms with Gasteiger partial charge in [-0.1, -0.05) is 104 Å². The molecule has 0 aliphatic carbocycles. The fourth-order valence-electron chi connectivity index (χ4n) is 3.73. The second-order valence-electron chi connectivity index (χ2n) is 9.21. The SMILES string of the molecule is CCCCCCCCCCOC(=O)CCCSCCCC(=O)OCCCCCCCCCC.